The van der Waals surface area contributed by atoms with Crippen molar-refractivity contribution in [3.63, 3.8) is 0 Å². The molecule has 0 saturated heterocycles. The third-order valence-corrected chi connectivity index (χ3v) is 3.10. The summed E-state index contributed by atoms with van der Waals surface area (Å²) in [5, 5.41) is 17.5. The van der Waals surface area contributed by atoms with Crippen LogP contribution in [0.3, 0.4) is 0 Å². The molecule has 0 aromatic carbocycles. The van der Waals surface area contributed by atoms with Crippen molar-refractivity contribution in [2.45, 2.75) is 16.9 Å². The van der Waals surface area contributed by atoms with Gasteiger partial charge in [0.2, 0.25) is 0 Å². The Morgan fingerprint density at radius 3 is 2.65 bits per heavy atom. The molecular formula is C11H8F3N5S. The zero-order valence-corrected chi connectivity index (χ0v) is 10.7. The third kappa shape index (κ3) is 3.64. The average molecular weight is 299 g/mol. The molecule has 2 rings (SSSR count). The van der Waals surface area contributed by atoms with E-state index in [1.165, 1.54) is 0 Å². The highest BCUT2D eigenvalue weighted by Gasteiger charge is 2.33. The van der Waals surface area contributed by atoms with Crippen molar-refractivity contribution < 1.29 is 13.2 Å². The van der Waals surface area contributed by atoms with Crippen molar-refractivity contribution in [1.82, 2.24) is 15.2 Å². The van der Waals surface area contributed by atoms with E-state index in [-0.39, 0.29) is 28.2 Å². The summed E-state index contributed by atoms with van der Waals surface area (Å²) >= 11 is -0.371. The number of hydrogen-bond donors (Lipinski definition) is 2. The van der Waals surface area contributed by atoms with Gasteiger partial charge in [-0.05, 0) is 29.5 Å². The van der Waals surface area contributed by atoms with Crippen molar-refractivity contribution in [3.8, 4) is 6.07 Å². The molecule has 0 aliphatic rings. The fourth-order valence-electron chi connectivity index (χ4n) is 1.43. The molecule has 0 fully saturated rings. The second kappa shape index (κ2) is 5.83. The van der Waals surface area contributed by atoms with Gasteiger partial charge < -0.3 is 5.32 Å². The molecule has 0 spiro atoms. The number of thioether (sulfide) groups is 1. The number of nitrogens with zero attached hydrogens (tertiary/aromatic N) is 3. The summed E-state index contributed by atoms with van der Waals surface area (Å²) in [6, 6.07) is 5.08. The Hall–Kier alpha value is -2.21. The molecule has 0 atom stereocenters. The Morgan fingerprint density at radius 1 is 1.35 bits per heavy atom. The van der Waals surface area contributed by atoms with Crippen LogP contribution in [0.25, 0.3) is 0 Å². The Balaban J connectivity index is 2.16. The largest absolute Gasteiger partial charge is 0.446 e. The van der Waals surface area contributed by atoms with Crippen molar-refractivity contribution in [1.29, 1.82) is 5.26 Å². The lowest BCUT2D eigenvalue weighted by Crippen LogP contribution is -2.04. The first-order valence-corrected chi connectivity index (χ1v) is 6.18. The van der Waals surface area contributed by atoms with Gasteiger partial charge in [0.1, 0.15) is 11.9 Å². The normalized spacial score (nSPS) is 11.1. The Bertz CT molecular complexity index is 617. The monoisotopic (exact) mass is 299 g/mol. The van der Waals surface area contributed by atoms with Crippen LogP contribution < -0.4 is 5.32 Å². The van der Waals surface area contributed by atoms with E-state index in [0.29, 0.717) is 6.54 Å². The Kier molecular flexibility index (Phi) is 4.14. The number of halogens is 3. The van der Waals surface area contributed by atoms with Crippen LogP contribution in [-0.2, 0) is 6.54 Å². The van der Waals surface area contributed by atoms with Gasteiger partial charge in [-0.2, -0.15) is 23.5 Å². The van der Waals surface area contributed by atoms with Crippen molar-refractivity contribution in [2.24, 2.45) is 0 Å². The fraction of sp³-hybridized carbons (Fsp3) is 0.182. The number of H-pyrrole nitrogens is 1. The third-order valence-electron chi connectivity index (χ3n) is 2.26. The maximum Gasteiger partial charge on any atom is 0.446 e. The Morgan fingerprint density at radius 2 is 2.05 bits per heavy atom. The first-order valence-electron chi connectivity index (χ1n) is 5.36. The molecule has 5 nitrogen and oxygen atoms in total. The summed E-state index contributed by atoms with van der Waals surface area (Å²) in [6.07, 6.45) is 3.16. The number of rotatable bonds is 4. The molecule has 9 heteroatoms. The molecule has 2 aromatic rings. The van der Waals surface area contributed by atoms with E-state index in [1.807, 2.05) is 0 Å². The summed E-state index contributed by atoms with van der Waals surface area (Å²) in [5.41, 5.74) is -3.93. The van der Waals surface area contributed by atoms with Crippen LogP contribution in [0, 0.1) is 11.3 Å². The maximum absolute atomic E-state index is 12.5. The number of anilines is 1. The first kappa shape index (κ1) is 14.2. The predicted molar refractivity (Wildman–Crippen MR) is 66.8 cm³/mol. The van der Waals surface area contributed by atoms with E-state index < -0.39 is 5.51 Å². The van der Waals surface area contributed by atoms with E-state index >= 15 is 0 Å². The number of hydrogen-bond acceptors (Lipinski definition) is 5. The average Bonchev–Trinajstić information content (AvgIpc) is 2.77. The minimum atomic E-state index is -4.48. The summed E-state index contributed by atoms with van der Waals surface area (Å²) < 4.78 is 37.4. The molecule has 0 aliphatic heterocycles. The second-order valence-corrected chi connectivity index (χ2v) is 4.72. The first-order chi connectivity index (χ1) is 9.49. The van der Waals surface area contributed by atoms with E-state index in [1.54, 1.807) is 30.6 Å². The van der Waals surface area contributed by atoms with Crippen LogP contribution in [0.5, 0.6) is 0 Å². The lowest BCUT2D eigenvalue weighted by molar-refractivity contribution is -0.0328. The van der Waals surface area contributed by atoms with Crippen LogP contribution in [0.4, 0.5) is 19.0 Å². The topological polar surface area (TPSA) is 77.4 Å². The number of aromatic amines is 1. The van der Waals surface area contributed by atoms with Gasteiger partial charge in [0.05, 0.1) is 4.90 Å². The van der Waals surface area contributed by atoms with Crippen LogP contribution in [-0.4, -0.2) is 20.7 Å². The van der Waals surface area contributed by atoms with Crippen LogP contribution in [0.15, 0.2) is 29.4 Å². The molecule has 0 aliphatic carbocycles. The molecule has 104 valence electrons. The molecule has 0 amide bonds. The van der Waals surface area contributed by atoms with Gasteiger partial charge in [-0.1, -0.05) is 0 Å². The smallest absolute Gasteiger partial charge is 0.365 e. The Labute approximate surface area is 116 Å². The van der Waals surface area contributed by atoms with Crippen molar-refractivity contribution >= 4 is 17.6 Å². The molecule has 0 radical (unpaired) electrons. The standard InChI is InChI=1S/C11H8F3N5S/c12-11(13,14)20-9-8(5-15)18-19-10(9)17-6-7-1-3-16-4-2-7/h1-4H,6H2,(H2,17,18,19). The van der Waals surface area contributed by atoms with Crippen molar-refractivity contribution in [2.75, 3.05) is 5.32 Å². The van der Waals surface area contributed by atoms with Crippen LogP contribution in [0.1, 0.15) is 11.3 Å². The minimum absolute atomic E-state index is 0.0701. The molecule has 2 aromatic heterocycles. The number of pyridine rings is 1. The summed E-state index contributed by atoms with van der Waals surface area (Å²) in [6.45, 7) is 0.293. The van der Waals surface area contributed by atoms with Crippen LogP contribution >= 0.6 is 11.8 Å². The highest BCUT2D eigenvalue weighted by molar-refractivity contribution is 8.00. The highest BCUT2D eigenvalue weighted by Crippen LogP contribution is 2.41. The molecule has 2 N–H and O–H groups in total. The van der Waals surface area contributed by atoms with Gasteiger partial charge in [0.15, 0.2) is 5.69 Å². The maximum atomic E-state index is 12.5. The van der Waals surface area contributed by atoms with E-state index in [4.69, 9.17) is 5.26 Å². The second-order valence-electron chi connectivity index (χ2n) is 3.64. The quantitative estimate of drug-likeness (QED) is 0.849. The SMILES string of the molecule is N#Cc1n[nH]c(NCc2ccncc2)c1SC(F)(F)F. The number of alkyl halides is 3. The van der Waals surface area contributed by atoms with E-state index in [9.17, 15) is 13.2 Å². The molecule has 20 heavy (non-hydrogen) atoms. The summed E-state index contributed by atoms with van der Waals surface area (Å²) in [7, 11) is 0. The number of aromatic nitrogens is 3. The summed E-state index contributed by atoms with van der Waals surface area (Å²) in [4.78, 5) is 3.58. The lowest BCUT2D eigenvalue weighted by atomic mass is 10.3. The summed E-state index contributed by atoms with van der Waals surface area (Å²) in [5.74, 6) is 0.0701. The van der Waals surface area contributed by atoms with Gasteiger partial charge in [-0.25, -0.2) is 0 Å². The predicted octanol–water partition coefficient (Wildman–Crippen LogP) is 2.90. The molecule has 0 bridgehead atoms. The lowest BCUT2D eigenvalue weighted by Gasteiger charge is -2.08. The minimum Gasteiger partial charge on any atom is -0.365 e. The van der Waals surface area contributed by atoms with Crippen molar-refractivity contribution in [3.05, 3.63) is 35.8 Å². The number of nitriles is 1. The highest BCUT2D eigenvalue weighted by atomic mass is 32.2. The van der Waals surface area contributed by atoms with E-state index in [2.05, 4.69) is 20.5 Å². The van der Waals surface area contributed by atoms with Gasteiger partial charge in [-0.3, -0.25) is 10.1 Å². The zero-order valence-electron chi connectivity index (χ0n) is 9.90. The molecule has 2 heterocycles. The molecule has 0 unspecified atom stereocenters. The van der Waals surface area contributed by atoms with Crippen LogP contribution in [0.2, 0.25) is 0 Å². The number of nitrogens with one attached hydrogen (secondary N) is 2. The molecule has 0 saturated carbocycles. The fourth-order valence-corrected chi connectivity index (χ4v) is 2.07. The van der Waals surface area contributed by atoms with Gasteiger partial charge in [-0.15, -0.1) is 0 Å². The van der Waals surface area contributed by atoms with E-state index in [0.717, 1.165) is 5.56 Å². The van der Waals surface area contributed by atoms with Gasteiger partial charge >= 0.3 is 5.51 Å². The zero-order chi connectivity index (χ0) is 14.6. The molecular weight excluding hydrogens is 291 g/mol. The van der Waals surface area contributed by atoms with Gasteiger partial charge in [0, 0.05) is 18.9 Å². The van der Waals surface area contributed by atoms with Gasteiger partial charge in [0.25, 0.3) is 0 Å².